The van der Waals surface area contributed by atoms with Crippen LogP contribution in [0.15, 0.2) is 36.5 Å². The monoisotopic (exact) mass is 710 g/mol. The van der Waals surface area contributed by atoms with Crippen molar-refractivity contribution in [3.63, 3.8) is 0 Å². The normalized spacial score (nSPS) is 12.1. The van der Waals surface area contributed by atoms with Gasteiger partial charge < -0.3 is 10.1 Å². The van der Waals surface area contributed by atoms with Gasteiger partial charge in [0.25, 0.3) is 17.6 Å². The number of nitrogens with zero attached hydrogens (tertiary/aromatic N) is 8. The Bertz CT molecular complexity index is 1880. The summed E-state index contributed by atoms with van der Waals surface area (Å²) in [6.07, 6.45) is -10.8. The zero-order valence-corrected chi connectivity index (χ0v) is 25.0. The Kier molecular flexibility index (Phi) is 9.60. The van der Waals surface area contributed by atoms with E-state index >= 15 is 0 Å². The van der Waals surface area contributed by atoms with Crippen LogP contribution in [0.4, 0.5) is 45.6 Å². The molecule has 0 spiro atoms. The van der Waals surface area contributed by atoms with E-state index in [1.807, 2.05) is 5.43 Å². The molecule has 0 saturated heterocycles. The van der Waals surface area contributed by atoms with E-state index in [1.54, 1.807) is 0 Å². The molecule has 0 unspecified atom stereocenters. The van der Waals surface area contributed by atoms with Gasteiger partial charge in [0, 0.05) is 13.2 Å². The number of alkyl halides is 8. The van der Waals surface area contributed by atoms with E-state index in [2.05, 4.69) is 35.5 Å². The highest BCUT2D eigenvalue weighted by molar-refractivity contribution is 6.32. The maximum Gasteiger partial charge on any atom is 0.461 e. The number of carbonyl (C=O) groups is 3. The van der Waals surface area contributed by atoms with Gasteiger partial charge in [-0.3, -0.25) is 15.0 Å². The van der Waals surface area contributed by atoms with Gasteiger partial charge in [0.15, 0.2) is 5.82 Å². The maximum absolute atomic E-state index is 13.7. The number of carbonyl (C=O) groups excluding carboxylic acids is 3. The van der Waals surface area contributed by atoms with Crippen LogP contribution in [0.25, 0.3) is 5.82 Å². The van der Waals surface area contributed by atoms with E-state index in [4.69, 9.17) is 11.6 Å². The molecule has 3 heterocycles. The number of hydrazine groups is 1. The lowest BCUT2D eigenvalue weighted by molar-refractivity contribution is -0.292. The molecule has 0 bridgehead atoms. The molecule has 0 saturated carbocycles. The summed E-state index contributed by atoms with van der Waals surface area (Å²) < 4.78 is 112. The quantitative estimate of drug-likeness (QED) is 0.207. The molecule has 4 aromatic rings. The summed E-state index contributed by atoms with van der Waals surface area (Å²) in [5.74, 6) is -9.98. The first kappa shape index (κ1) is 35.4. The summed E-state index contributed by atoms with van der Waals surface area (Å²) in [6.45, 7) is 0.431. The Labute approximate surface area is 267 Å². The van der Waals surface area contributed by atoms with Gasteiger partial charge in [-0.2, -0.15) is 45.0 Å². The molecule has 0 fully saturated rings. The molecule has 48 heavy (non-hydrogen) atoms. The van der Waals surface area contributed by atoms with E-state index in [9.17, 15) is 49.5 Å². The highest BCUT2D eigenvalue weighted by atomic mass is 35.5. The Balaban J connectivity index is 1.77. The molecular formula is C25H19ClF8N10O4. The first-order valence-electron chi connectivity index (χ1n) is 12.8. The van der Waals surface area contributed by atoms with Crippen LogP contribution >= 0.6 is 11.6 Å². The van der Waals surface area contributed by atoms with Gasteiger partial charge in [-0.25, -0.2) is 19.5 Å². The van der Waals surface area contributed by atoms with Crippen LogP contribution in [0.5, 0.6) is 0 Å². The summed E-state index contributed by atoms with van der Waals surface area (Å²) in [5.41, 5.74) is -1.38. The average Bonchev–Trinajstić information content (AvgIpc) is 3.64. The zero-order chi connectivity index (χ0) is 35.8. The number of nitrogens with one attached hydrogen (secondary N) is 2. The summed E-state index contributed by atoms with van der Waals surface area (Å²) in [7, 11) is 2.02. The lowest BCUT2D eigenvalue weighted by Crippen LogP contribution is -2.43. The molecule has 0 aliphatic heterocycles. The van der Waals surface area contributed by atoms with E-state index in [0.717, 1.165) is 31.8 Å². The first-order chi connectivity index (χ1) is 22.2. The van der Waals surface area contributed by atoms with E-state index < -0.39 is 71.1 Å². The second kappa shape index (κ2) is 13.0. The van der Waals surface area contributed by atoms with Crippen molar-refractivity contribution >= 4 is 35.2 Å². The number of ether oxygens (including phenoxy) is 1. The number of amides is 3. The Hall–Kier alpha value is -5.41. The molecule has 0 aliphatic carbocycles. The molecule has 256 valence electrons. The van der Waals surface area contributed by atoms with Crippen LogP contribution in [0, 0.1) is 6.92 Å². The lowest BCUT2D eigenvalue weighted by Gasteiger charge is -2.20. The van der Waals surface area contributed by atoms with Crippen molar-refractivity contribution in [1.29, 1.82) is 0 Å². The van der Waals surface area contributed by atoms with Crippen LogP contribution < -0.4 is 10.7 Å². The standard InChI is InChI=1S/C25H19ClF8N10O4/c1-11-7-12(24(29,30)31)8-14(19(45)39-42(2)22(47)48-3)17(11)36-20(46)16-9-13(38-44(16)18-15(26)5-4-6-35-18)10-43-40-21(37-41-43)23(27,28)25(32,33)34/h4-9H,10H2,1-3H3,(H,36,46)(H,39,45). The fraction of sp³-hybridized carbons (Fsp3) is 0.280. The highest BCUT2D eigenvalue weighted by Crippen LogP contribution is 2.42. The molecule has 3 amide bonds. The predicted molar refractivity (Wildman–Crippen MR) is 145 cm³/mol. The number of benzene rings is 1. The van der Waals surface area contributed by atoms with Gasteiger partial charge in [0.1, 0.15) is 12.2 Å². The third kappa shape index (κ3) is 7.26. The minimum atomic E-state index is -6.02. The van der Waals surface area contributed by atoms with Gasteiger partial charge in [0.2, 0.25) is 0 Å². The molecule has 3 aromatic heterocycles. The van der Waals surface area contributed by atoms with Gasteiger partial charge in [0.05, 0.1) is 34.6 Å². The van der Waals surface area contributed by atoms with Crippen molar-refractivity contribution < 1.29 is 54.2 Å². The number of hydrogen-bond acceptors (Lipinski definition) is 9. The van der Waals surface area contributed by atoms with E-state index in [-0.39, 0.29) is 22.1 Å². The average molecular weight is 711 g/mol. The summed E-state index contributed by atoms with van der Waals surface area (Å²) in [5, 5.41) is 15.8. The Morgan fingerprint density at radius 2 is 1.71 bits per heavy atom. The SMILES string of the molecule is COC(=O)N(C)NC(=O)c1cc(C(F)(F)F)cc(C)c1NC(=O)c1cc(Cn2nnc(C(F)(F)C(F)(F)F)n2)nn1-c1ncccc1Cl. The van der Waals surface area contributed by atoms with Crippen LogP contribution in [-0.2, 0) is 23.4 Å². The Morgan fingerprint density at radius 1 is 1.02 bits per heavy atom. The van der Waals surface area contributed by atoms with Crippen LogP contribution in [0.2, 0.25) is 5.02 Å². The number of aromatic nitrogens is 7. The molecule has 1 aromatic carbocycles. The summed E-state index contributed by atoms with van der Waals surface area (Å²) in [6, 6.07) is 4.82. The second-order valence-electron chi connectivity index (χ2n) is 9.59. The third-order valence-electron chi connectivity index (χ3n) is 6.19. The molecule has 0 atom stereocenters. The van der Waals surface area contributed by atoms with E-state index in [0.29, 0.717) is 21.9 Å². The number of halogens is 9. The number of anilines is 1. The van der Waals surface area contributed by atoms with Crippen molar-refractivity contribution in [2.75, 3.05) is 19.5 Å². The van der Waals surface area contributed by atoms with Crippen molar-refractivity contribution in [2.24, 2.45) is 0 Å². The molecule has 23 heteroatoms. The highest BCUT2D eigenvalue weighted by Gasteiger charge is 2.62. The molecule has 4 rings (SSSR count). The number of aryl methyl sites for hydroxylation is 1. The predicted octanol–water partition coefficient (Wildman–Crippen LogP) is 4.53. The van der Waals surface area contributed by atoms with E-state index in [1.165, 1.54) is 18.3 Å². The van der Waals surface area contributed by atoms with Crippen molar-refractivity contribution in [2.45, 2.75) is 31.7 Å². The van der Waals surface area contributed by atoms with Crippen LogP contribution in [0.1, 0.15) is 43.5 Å². The first-order valence-corrected chi connectivity index (χ1v) is 13.2. The van der Waals surface area contributed by atoms with Gasteiger partial charge in [-0.05, 0) is 48.0 Å². The van der Waals surface area contributed by atoms with Gasteiger partial charge in [-0.1, -0.05) is 11.6 Å². The van der Waals surface area contributed by atoms with Crippen LogP contribution in [-0.4, -0.2) is 78.2 Å². The fourth-order valence-electron chi connectivity index (χ4n) is 3.94. The van der Waals surface area contributed by atoms with Gasteiger partial charge >= 0.3 is 24.4 Å². The van der Waals surface area contributed by atoms with Gasteiger partial charge in [-0.15, -0.1) is 10.2 Å². The molecule has 2 N–H and O–H groups in total. The maximum atomic E-state index is 13.7. The molecule has 14 nitrogen and oxygen atoms in total. The van der Waals surface area contributed by atoms with Crippen molar-refractivity contribution in [3.05, 3.63) is 75.5 Å². The molecular weight excluding hydrogens is 692 g/mol. The zero-order valence-electron chi connectivity index (χ0n) is 24.3. The number of methoxy groups -OCH3 is 1. The minimum absolute atomic E-state index is 0.0798. The number of tetrazole rings is 1. The minimum Gasteiger partial charge on any atom is -0.452 e. The number of pyridine rings is 1. The van der Waals surface area contributed by atoms with Crippen molar-refractivity contribution in [3.8, 4) is 5.82 Å². The summed E-state index contributed by atoms with van der Waals surface area (Å²) in [4.78, 5) is 42.8. The van der Waals surface area contributed by atoms with Crippen LogP contribution in [0.3, 0.4) is 0 Å². The third-order valence-corrected chi connectivity index (χ3v) is 6.48. The van der Waals surface area contributed by atoms with Crippen molar-refractivity contribution in [1.82, 2.24) is 45.4 Å². The molecule has 0 aliphatic rings. The summed E-state index contributed by atoms with van der Waals surface area (Å²) >= 11 is 6.21. The second-order valence-corrected chi connectivity index (χ2v) is 10.0. The number of hydrogen-bond donors (Lipinski definition) is 2. The Morgan fingerprint density at radius 3 is 2.31 bits per heavy atom. The number of rotatable bonds is 7. The topological polar surface area (TPSA) is 162 Å². The molecule has 0 radical (unpaired) electrons. The largest absolute Gasteiger partial charge is 0.461 e. The lowest BCUT2D eigenvalue weighted by atomic mass is 10.0. The smallest absolute Gasteiger partial charge is 0.452 e. The fourth-order valence-corrected chi connectivity index (χ4v) is 4.14.